The molecule has 0 aliphatic carbocycles. The highest BCUT2D eigenvalue weighted by atomic mass is 16.6. The molecule has 1 rings (SSSR count). The fourth-order valence-corrected chi connectivity index (χ4v) is 1.19. The number of ether oxygens (including phenoxy) is 1. The van der Waals surface area contributed by atoms with Crippen molar-refractivity contribution in [1.29, 1.82) is 0 Å². The predicted octanol–water partition coefficient (Wildman–Crippen LogP) is 2.41. The number of nitrogens with zero attached hydrogens (tertiary/aromatic N) is 1. The number of esters is 1. The minimum Gasteiger partial charge on any atom is -0.460 e. The number of nitrogens with two attached hydrogens (primary N) is 1. The maximum atomic E-state index is 11.4. The van der Waals surface area contributed by atoms with Gasteiger partial charge in [-0.1, -0.05) is 12.2 Å². The van der Waals surface area contributed by atoms with Crippen molar-refractivity contribution in [1.82, 2.24) is 4.98 Å². The van der Waals surface area contributed by atoms with Crippen LogP contribution in [-0.4, -0.2) is 16.6 Å². The van der Waals surface area contributed by atoms with E-state index in [1.807, 2.05) is 32.9 Å². The van der Waals surface area contributed by atoms with Crippen molar-refractivity contribution in [2.45, 2.75) is 32.8 Å². The molecular formula is C13H18N2O2. The largest absolute Gasteiger partial charge is 0.460 e. The molecule has 0 atom stereocenters. The van der Waals surface area contributed by atoms with Crippen molar-refractivity contribution in [3.05, 3.63) is 30.0 Å². The topological polar surface area (TPSA) is 65.2 Å². The van der Waals surface area contributed by atoms with E-state index < -0.39 is 5.60 Å². The van der Waals surface area contributed by atoms with E-state index in [9.17, 15) is 4.79 Å². The van der Waals surface area contributed by atoms with Crippen LogP contribution in [0.15, 0.2) is 24.4 Å². The molecule has 4 heteroatoms. The summed E-state index contributed by atoms with van der Waals surface area (Å²) < 4.78 is 5.17. The summed E-state index contributed by atoms with van der Waals surface area (Å²) in [6.07, 6.45) is 5.47. The molecule has 0 fully saturated rings. The molecule has 92 valence electrons. The predicted molar refractivity (Wildman–Crippen MR) is 68.1 cm³/mol. The Balaban J connectivity index is 2.45. The van der Waals surface area contributed by atoms with E-state index >= 15 is 0 Å². The number of hydrogen-bond acceptors (Lipinski definition) is 4. The number of carbonyl (C=O) groups excluding carboxylic acids is 1. The van der Waals surface area contributed by atoms with Gasteiger partial charge in [-0.2, -0.15) is 0 Å². The van der Waals surface area contributed by atoms with E-state index in [1.54, 1.807) is 18.3 Å². The monoisotopic (exact) mass is 234 g/mol. The Bertz CT molecular complexity index is 402. The maximum absolute atomic E-state index is 11.4. The van der Waals surface area contributed by atoms with Crippen LogP contribution >= 0.6 is 0 Å². The zero-order valence-electron chi connectivity index (χ0n) is 10.4. The molecule has 0 aliphatic rings. The van der Waals surface area contributed by atoms with Crippen molar-refractivity contribution in [3.8, 4) is 0 Å². The molecule has 4 nitrogen and oxygen atoms in total. The molecule has 1 aromatic rings. The van der Waals surface area contributed by atoms with Gasteiger partial charge in [-0.3, -0.25) is 4.79 Å². The van der Waals surface area contributed by atoms with Gasteiger partial charge in [0.15, 0.2) is 0 Å². The Labute approximate surface area is 101 Å². The van der Waals surface area contributed by atoms with E-state index in [1.165, 1.54) is 0 Å². The summed E-state index contributed by atoms with van der Waals surface area (Å²) in [6.45, 7) is 5.54. The molecule has 17 heavy (non-hydrogen) atoms. The second-order valence-corrected chi connectivity index (χ2v) is 4.71. The normalized spacial score (nSPS) is 11.7. The van der Waals surface area contributed by atoms with E-state index in [-0.39, 0.29) is 12.4 Å². The van der Waals surface area contributed by atoms with Gasteiger partial charge >= 0.3 is 5.97 Å². The Morgan fingerprint density at radius 3 is 2.71 bits per heavy atom. The minimum absolute atomic E-state index is 0.239. The zero-order valence-corrected chi connectivity index (χ0v) is 10.4. The highest BCUT2D eigenvalue weighted by Crippen LogP contribution is 2.09. The fourth-order valence-electron chi connectivity index (χ4n) is 1.19. The van der Waals surface area contributed by atoms with Crippen molar-refractivity contribution >= 4 is 17.9 Å². The average Bonchev–Trinajstić information content (AvgIpc) is 2.18. The van der Waals surface area contributed by atoms with Crippen molar-refractivity contribution in [2.24, 2.45) is 0 Å². The third kappa shape index (κ3) is 5.70. The molecule has 0 spiro atoms. The van der Waals surface area contributed by atoms with Crippen LogP contribution in [0.4, 0.5) is 5.82 Å². The summed E-state index contributed by atoms with van der Waals surface area (Å²) in [5.41, 5.74) is 5.93. The number of nitrogen functional groups attached to an aromatic ring is 1. The van der Waals surface area contributed by atoms with Gasteiger partial charge in [0.2, 0.25) is 0 Å². The molecular weight excluding hydrogens is 216 g/mol. The average molecular weight is 234 g/mol. The molecule has 0 aliphatic heterocycles. The minimum atomic E-state index is -0.437. The molecule has 0 amide bonds. The number of aromatic nitrogens is 1. The smallest absolute Gasteiger partial charge is 0.310 e. The van der Waals surface area contributed by atoms with Gasteiger partial charge in [0, 0.05) is 6.20 Å². The van der Waals surface area contributed by atoms with Gasteiger partial charge in [-0.25, -0.2) is 4.98 Å². The Kier molecular flexibility index (Phi) is 4.26. The third-order valence-electron chi connectivity index (χ3n) is 1.82. The van der Waals surface area contributed by atoms with Crippen LogP contribution in [0.25, 0.3) is 6.08 Å². The summed E-state index contributed by atoms with van der Waals surface area (Å²) >= 11 is 0. The summed E-state index contributed by atoms with van der Waals surface area (Å²) in [5.74, 6) is 0.242. The molecule has 1 heterocycles. The van der Waals surface area contributed by atoms with Crippen LogP contribution in [0.5, 0.6) is 0 Å². The van der Waals surface area contributed by atoms with Crippen LogP contribution < -0.4 is 5.73 Å². The lowest BCUT2D eigenvalue weighted by Crippen LogP contribution is -2.23. The molecule has 0 aromatic carbocycles. The lowest BCUT2D eigenvalue weighted by Gasteiger charge is -2.18. The highest BCUT2D eigenvalue weighted by molar-refractivity contribution is 5.73. The summed E-state index contributed by atoms with van der Waals surface area (Å²) in [7, 11) is 0. The molecule has 0 saturated heterocycles. The molecule has 0 unspecified atom stereocenters. The fraction of sp³-hybridized carbons (Fsp3) is 0.385. The van der Waals surface area contributed by atoms with Gasteiger partial charge in [0.25, 0.3) is 0 Å². The standard InChI is InChI=1S/C13H18N2O2/c1-13(2,3)17-12(16)6-4-5-10-7-8-11(14)15-9-10/h4-5,7-9H,6H2,1-3H3,(H2,14,15)/b5-4+. The Morgan fingerprint density at radius 2 is 2.18 bits per heavy atom. The van der Waals surface area contributed by atoms with E-state index in [2.05, 4.69) is 4.98 Å². The van der Waals surface area contributed by atoms with Crippen LogP contribution in [0.3, 0.4) is 0 Å². The lowest BCUT2D eigenvalue weighted by molar-refractivity contribution is -0.153. The first-order valence-corrected chi connectivity index (χ1v) is 5.47. The molecule has 1 aromatic heterocycles. The maximum Gasteiger partial charge on any atom is 0.310 e. The van der Waals surface area contributed by atoms with E-state index in [4.69, 9.17) is 10.5 Å². The van der Waals surface area contributed by atoms with Gasteiger partial charge in [-0.05, 0) is 38.5 Å². The SMILES string of the molecule is CC(C)(C)OC(=O)C/C=C/c1ccc(N)nc1. The first-order chi connectivity index (χ1) is 7.87. The van der Waals surface area contributed by atoms with Gasteiger partial charge in [0.05, 0.1) is 6.42 Å². The van der Waals surface area contributed by atoms with E-state index in [0.717, 1.165) is 5.56 Å². The van der Waals surface area contributed by atoms with Crippen molar-refractivity contribution in [2.75, 3.05) is 5.73 Å². The summed E-state index contributed by atoms with van der Waals surface area (Å²) in [4.78, 5) is 15.3. The van der Waals surface area contributed by atoms with Crippen LogP contribution in [0.2, 0.25) is 0 Å². The van der Waals surface area contributed by atoms with Crippen LogP contribution in [0.1, 0.15) is 32.8 Å². The first kappa shape index (κ1) is 13.2. The number of carbonyl (C=O) groups is 1. The zero-order chi connectivity index (χ0) is 12.9. The Morgan fingerprint density at radius 1 is 1.47 bits per heavy atom. The number of anilines is 1. The summed E-state index contributed by atoms with van der Waals surface area (Å²) in [5, 5.41) is 0. The number of pyridine rings is 1. The highest BCUT2D eigenvalue weighted by Gasteiger charge is 2.14. The third-order valence-corrected chi connectivity index (χ3v) is 1.82. The molecule has 0 bridgehead atoms. The second-order valence-electron chi connectivity index (χ2n) is 4.71. The number of rotatable bonds is 3. The first-order valence-electron chi connectivity index (χ1n) is 5.47. The molecule has 0 saturated carbocycles. The quantitative estimate of drug-likeness (QED) is 0.816. The van der Waals surface area contributed by atoms with Crippen molar-refractivity contribution in [3.63, 3.8) is 0 Å². The second kappa shape index (κ2) is 5.48. The lowest BCUT2D eigenvalue weighted by atomic mass is 10.2. The van der Waals surface area contributed by atoms with Crippen LogP contribution in [0, 0.1) is 0 Å². The molecule has 0 radical (unpaired) electrons. The molecule has 2 N–H and O–H groups in total. The van der Waals surface area contributed by atoms with Gasteiger partial charge in [-0.15, -0.1) is 0 Å². The van der Waals surface area contributed by atoms with Crippen LogP contribution in [-0.2, 0) is 9.53 Å². The number of hydrogen-bond donors (Lipinski definition) is 1. The van der Waals surface area contributed by atoms with E-state index in [0.29, 0.717) is 5.82 Å². The van der Waals surface area contributed by atoms with Crippen molar-refractivity contribution < 1.29 is 9.53 Å². The van der Waals surface area contributed by atoms with Gasteiger partial charge < -0.3 is 10.5 Å². The van der Waals surface area contributed by atoms with Gasteiger partial charge in [0.1, 0.15) is 11.4 Å². The Hall–Kier alpha value is -1.84. The summed E-state index contributed by atoms with van der Waals surface area (Å²) in [6, 6.07) is 3.56.